The Kier molecular flexibility index (Phi) is 3.15. The van der Waals surface area contributed by atoms with Gasteiger partial charge in [-0.2, -0.15) is 0 Å². The summed E-state index contributed by atoms with van der Waals surface area (Å²) in [5.41, 5.74) is 6.19. The van der Waals surface area contributed by atoms with Gasteiger partial charge in [0.05, 0.1) is 4.47 Å². The lowest BCUT2D eigenvalue weighted by Crippen LogP contribution is -1.91. The van der Waals surface area contributed by atoms with Gasteiger partial charge in [-0.1, -0.05) is 0 Å². The molecule has 1 aromatic heterocycles. The highest BCUT2D eigenvalue weighted by atomic mass is 79.9. The van der Waals surface area contributed by atoms with Crippen molar-refractivity contribution in [2.45, 2.75) is 17.0 Å². The summed E-state index contributed by atoms with van der Waals surface area (Å²) in [5.74, 6) is 0.0755. The van der Waals surface area contributed by atoms with Crippen molar-refractivity contribution in [3.63, 3.8) is 0 Å². The van der Waals surface area contributed by atoms with Crippen LogP contribution in [-0.2, 0) is 0 Å². The smallest absolute Gasteiger partial charge is 0.281 e. The number of rotatable bonds is 2. The predicted molar refractivity (Wildman–Crippen MR) is 61.7 cm³/mol. The lowest BCUT2D eigenvalue weighted by Gasteiger charge is -2.03. The summed E-state index contributed by atoms with van der Waals surface area (Å²) in [5, 5.41) is 7.80. The van der Waals surface area contributed by atoms with E-state index in [4.69, 9.17) is 10.2 Å². The van der Waals surface area contributed by atoms with Crippen LogP contribution in [0.5, 0.6) is 0 Å². The number of anilines is 1. The average molecular weight is 304 g/mol. The molecule has 2 N–H and O–H groups in total. The molecule has 0 saturated heterocycles. The van der Waals surface area contributed by atoms with Gasteiger partial charge in [-0.15, -0.1) is 10.2 Å². The van der Waals surface area contributed by atoms with E-state index in [2.05, 4.69) is 26.1 Å². The maximum atomic E-state index is 13.3. The quantitative estimate of drug-likeness (QED) is 0.864. The Morgan fingerprint density at radius 2 is 2.19 bits per heavy atom. The SMILES string of the molecule is Cc1nnc(Sc2cc(F)c(Br)cc2N)o1. The molecule has 0 aliphatic heterocycles. The van der Waals surface area contributed by atoms with E-state index in [0.29, 0.717) is 26.2 Å². The van der Waals surface area contributed by atoms with Crippen LogP contribution in [0.25, 0.3) is 0 Å². The maximum absolute atomic E-state index is 13.3. The Bertz CT molecular complexity index is 531. The van der Waals surface area contributed by atoms with E-state index in [1.165, 1.54) is 12.1 Å². The van der Waals surface area contributed by atoms with E-state index in [1.54, 1.807) is 6.92 Å². The minimum Gasteiger partial charge on any atom is -0.416 e. The molecule has 0 fully saturated rings. The first-order valence-electron chi connectivity index (χ1n) is 4.29. The van der Waals surface area contributed by atoms with Crippen molar-refractivity contribution in [2.24, 2.45) is 0 Å². The van der Waals surface area contributed by atoms with Crippen molar-refractivity contribution < 1.29 is 8.81 Å². The van der Waals surface area contributed by atoms with Crippen LogP contribution in [0, 0.1) is 12.7 Å². The van der Waals surface area contributed by atoms with Crippen LogP contribution < -0.4 is 5.73 Å². The summed E-state index contributed by atoms with van der Waals surface area (Å²) < 4.78 is 18.8. The number of aromatic nitrogens is 2. The third-order valence-corrected chi connectivity index (χ3v) is 3.28. The maximum Gasteiger partial charge on any atom is 0.281 e. The molecule has 84 valence electrons. The molecule has 16 heavy (non-hydrogen) atoms. The van der Waals surface area contributed by atoms with Crippen LogP contribution in [0.4, 0.5) is 10.1 Å². The second-order valence-corrected chi connectivity index (χ2v) is 4.84. The van der Waals surface area contributed by atoms with Crippen LogP contribution in [0.2, 0.25) is 0 Å². The minimum absolute atomic E-state index is 0.330. The summed E-state index contributed by atoms with van der Waals surface area (Å²) >= 11 is 4.19. The van der Waals surface area contributed by atoms with Crippen molar-refractivity contribution in [3.05, 3.63) is 28.3 Å². The van der Waals surface area contributed by atoms with Gasteiger partial charge in [0.1, 0.15) is 5.82 Å². The molecule has 0 spiro atoms. The number of benzene rings is 1. The molecule has 2 rings (SSSR count). The molecule has 7 heteroatoms. The average Bonchev–Trinajstić information content (AvgIpc) is 2.60. The van der Waals surface area contributed by atoms with Crippen molar-refractivity contribution >= 4 is 33.4 Å². The molecule has 0 bridgehead atoms. The standard InChI is InChI=1S/C9H7BrFN3OS/c1-4-13-14-9(15-4)16-8-3-6(11)5(10)2-7(8)12/h2-3H,12H2,1H3. The molecule has 0 amide bonds. The van der Waals surface area contributed by atoms with Gasteiger partial charge >= 0.3 is 0 Å². The van der Waals surface area contributed by atoms with E-state index in [-0.39, 0.29) is 5.82 Å². The van der Waals surface area contributed by atoms with E-state index in [1.807, 2.05) is 0 Å². The third-order valence-electron chi connectivity index (χ3n) is 1.76. The van der Waals surface area contributed by atoms with Gasteiger partial charge in [0, 0.05) is 17.5 Å². The van der Waals surface area contributed by atoms with Crippen molar-refractivity contribution in [1.82, 2.24) is 10.2 Å². The topological polar surface area (TPSA) is 64.9 Å². The Morgan fingerprint density at radius 1 is 1.44 bits per heavy atom. The van der Waals surface area contributed by atoms with Crippen molar-refractivity contribution in [2.75, 3.05) is 5.73 Å². The molecular weight excluding hydrogens is 297 g/mol. The lowest BCUT2D eigenvalue weighted by molar-refractivity contribution is 0.429. The highest BCUT2D eigenvalue weighted by Crippen LogP contribution is 2.34. The van der Waals surface area contributed by atoms with Gasteiger partial charge in [-0.05, 0) is 39.8 Å². The minimum atomic E-state index is -0.382. The normalized spacial score (nSPS) is 10.7. The fourth-order valence-electron chi connectivity index (χ4n) is 1.05. The first kappa shape index (κ1) is 11.4. The summed E-state index contributed by atoms with van der Waals surface area (Å²) in [6.07, 6.45) is 0. The Labute approximate surface area is 104 Å². The summed E-state index contributed by atoms with van der Waals surface area (Å²) in [4.78, 5) is 0.546. The highest BCUT2D eigenvalue weighted by molar-refractivity contribution is 9.10. The van der Waals surface area contributed by atoms with E-state index < -0.39 is 0 Å². The molecule has 0 atom stereocenters. The third kappa shape index (κ3) is 2.35. The molecule has 0 aliphatic carbocycles. The monoisotopic (exact) mass is 303 g/mol. The Morgan fingerprint density at radius 3 is 2.81 bits per heavy atom. The van der Waals surface area contributed by atoms with Gasteiger partial charge in [-0.3, -0.25) is 0 Å². The Hall–Kier alpha value is -1.08. The number of aryl methyl sites for hydroxylation is 1. The van der Waals surface area contributed by atoms with Crippen molar-refractivity contribution in [1.29, 1.82) is 0 Å². The fraction of sp³-hybridized carbons (Fsp3) is 0.111. The molecule has 0 saturated carbocycles. The van der Waals surface area contributed by atoms with E-state index in [0.717, 1.165) is 11.8 Å². The number of nitrogens with two attached hydrogens (primary N) is 1. The second kappa shape index (κ2) is 4.42. The lowest BCUT2D eigenvalue weighted by atomic mass is 10.3. The second-order valence-electron chi connectivity index (χ2n) is 2.99. The summed E-state index contributed by atoms with van der Waals surface area (Å²) in [6, 6.07) is 2.82. The van der Waals surface area contributed by atoms with E-state index >= 15 is 0 Å². The first-order chi connectivity index (χ1) is 7.56. The van der Waals surface area contributed by atoms with Crippen molar-refractivity contribution in [3.8, 4) is 0 Å². The van der Waals surface area contributed by atoms with E-state index in [9.17, 15) is 4.39 Å². The summed E-state index contributed by atoms with van der Waals surface area (Å²) in [6.45, 7) is 1.68. The number of hydrogen-bond acceptors (Lipinski definition) is 5. The van der Waals surface area contributed by atoms with Crippen LogP contribution in [0.3, 0.4) is 0 Å². The largest absolute Gasteiger partial charge is 0.416 e. The van der Waals surface area contributed by atoms with Gasteiger partial charge in [0.25, 0.3) is 5.22 Å². The summed E-state index contributed by atoms with van der Waals surface area (Å²) in [7, 11) is 0. The molecule has 1 aromatic carbocycles. The van der Waals surface area contributed by atoms with Crippen LogP contribution in [-0.4, -0.2) is 10.2 Å². The number of halogens is 2. The predicted octanol–water partition coefficient (Wildman–Crippen LogP) is 3.01. The molecule has 4 nitrogen and oxygen atoms in total. The van der Waals surface area contributed by atoms with Gasteiger partial charge in [-0.25, -0.2) is 4.39 Å². The van der Waals surface area contributed by atoms with Crippen LogP contribution >= 0.6 is 27.7 Å². The molecule has 0 unspecified atom stereocenters. The molecule has 1 heterocycles. The Balaban J connectivity index is 2.31. The molecular formula is C9H7BrFN3OS. The fourth-order valence-corrected chi connectivity index (χ4v) is 2.18. The zero-order valence-electron chi connectivity index (χ0n) is 8.20. The number of nitrogen functional groups attached to an aromatic ring is 1. The number of nitrogens with zero attached hydrogens (tertiary/aromatic N) is 2. The zero-order chi connectivity index (χ0) is 11.7. The molecule has 2 aromatic rings. The van der Waals surface area contributed by atoms with Gasteiger partial charge in [0.15, 0.2) is 0 Å². The van der Waals surface area contributed by atoms with Gasteiger partial charge < -0.3 is 10.2 Å². The first-order valence-corrected chi connectivity index (χ1v) is 5.89. The highest BCUT2D eigenvalue weighted by Gasteiger charge is 2.11. The molecule has 0 aliphatic rings. The van der Waals surface area contributed by atoms with Crippen LogP contribution in [0.1, 0.15) is 5.89 Å². The zero-order valence-corrected chi connectivity index (χ0v) is 10.6. The van der Waals surface area contributed by atoms with Gasteiger partial charge in [0.2, 0.25) is 5.89 Å². The molecule has 0 radical (unpaired) electrons. The number of hydrogen-bond donors (Lipinski definition) is 1. The van der Waals surface area contributed by atoms with Crippen LogP contribution in [0.15, 0.2) is 31.1 Å².